The molecular formula is C13H16ClNO2. The van der Waals surface area contributed by atoms with Gasteiger partial charge in [-0.25, -0.2) is 9.78 Å². The number of pyridine rings is 1. The third kappa shape index (κ3) is 3.43. The maximum atomic E-state index is 11.9. The minimum Gasteiger partial charge on any atom is -0.459 e. The normalized spacial score (nSPS) is 16.8. The quantitative estimate of drug-likeness (QED) is 0.598. The monoisotopic (exact) mass is 253 g/mol. The summed E-state index contributed by atoms with van der Waals surface area (Å²) in [5, 5.41) is 0.334. The average Bonchev–Trinajstić information content (AvgIpc) is 2.29. The molecule has 0 aliphatic heterocycles. The van der Waals surface area contributed by atoms with Gasteiger partial charge in [-0.2, -0.15) is 0 Å². The Balaban J connectivity index is 2.03. The van der Waals surface area contributed by atoms with Crippen molar-refractivity contribution in [2.75, 3.05) is 0 Å². The van der Waals surface area contributed by atoms with Crippen LogP contribution < -0.4 is 0 Å². The van der Waals surface area contributed by atoms with Crippen molar-refractivity contribution in [2.45, 2.75) is 45.1 Å². The van der Waals surface area contributed by atoms with Gasteiger partial charge >= 0.3 is 5.97 Å². The second kappa shape index (κ2) is 5.50. The van der Waals surface area contributed by atoms with E-state index in [1.807, 2.05) is 6.92 Å². The van der Waals surface area contributed by atoms with Crippen LogP contribution >= 0.6 is 11.6 Å². The van der Waals surface area contributed by atoms with E-state index in [-0.39, 0.29) is 12.1 Å². The molecule has 0 bridgehead atoms. The second-order valence-corrected chi connectivity index (χ2v) is 4.87. The van der Waals surface area contributed by atoms with Crippen molar-refractivity contribution < 1.29 is 9.53 Å². The zero-order valence-electron chi connectivity index (χ0n) is 9.91. The van der Waals surface area contributed by atoms with Crippen LogP contribution in [0.1, 0.15) is 48.2 Å². The molecule has 1 fully saturated rings. The minimum atomic E-state index is -0.288. The zero-order valence-corrected chi connectivity index (χ0v) is 10.7. The standard InChI is InChI=1S/C13H16ClNO2/c1-9-7-10(8-12(14)15-9)13(16)17-11-5-3-2-4-6-11/h7-8,11H,2-6H2,1H3. The molecule has 3 nitrogen and oxygen atoms in total. The van der Waals surface area contributed by atoms with Crippen molar-refractivity contribution >= 4 is 17.6 Å². The van der Waals surface area contributed by atoms with E-state index in [2.05, 4.69) is 4.98 Å². The van der Waals surface area contributed by atoms with E-state index in [0.29, 0.717) is 10.7 Å². The molecule has 2 rings (SSSR count). The van der Waals surface area contributed by atoms with E-state index < -0.39 is 0 Å². The highest BCUT2D eigenvalue weighted by molar-refractivity contribution is 6.29. The molecule has 0 spiro atoms. The Kier molecular flexibility index (Phi) is 4.00. The molecule has 1 heterocycles. The molecule has 1 aliphatic carbocycles. The predicted molar refractivity (Wildman–Crippen MR) is 66.3 cm³/mol. The lowest BCUT2D eigenvalue weighted by molar-refractivity contribution is 0.0211. The molecule has 1 aromatic heterocycles. The van der Waals surface area contributed by atoms with E-state index in [9.17, 15) is 4.79 Å². The lowest BCUT2D eigenvalue weighted by atomic mass is 9.98. The topological polar surface area (TPSA) is 39.2 Å². The highest BCUT2D eigenvalue weighted by atomic mass is 35.5. The summed E-state index contributed by atoms with van der Waals surface area (Å²) in [4.78, 5) is 15.9. The van der Waals surface area contributed by atoms with Crippen LogP contribution in [0.3, 0.4) is 0 Å². The smallest absolute Gasteiger partial charge is 0.338 e. The number of hydrogen-bond acceptors (Lipinski definition) is 3. The third-order valence-corrected chi connectivity index (χ3v) is 3.18. The summed E-state index contributed by atoms with van der Waals surface area (Å²) in [7, 11) is 0. The maximum Gasteiger partial charge on any atom is 0.338 e. The molecule has 0 radical (unpaired) electrons. The molecule has 0 unspecified atom stereocenters. The lowest BCUT2D eigenvalue weighted by Crippen LogP contribution is -2.21. The van der Waals surface area contributed by atoms with Crippen LogP contribution in [0.15, 0.2) is 12.1 Å². The number of hydrogen-bond donors (Lipinski definition) is 0. The maximum absolute atomic E-state index is 11.9. The number of esters is 1. The molecular weight excluding hydrogens is 238 g/mol. The van der Waals surface area contributed by atoms with Gasteiger partial charge in [-0.05, 0) is 44.7 Å². The Bertz CT molecular complexity index is 394. The van der Waals surface area contributed by atoms with Crippen molar-refractivity contribution in [2.24, 2.45) is 0 Å². The van der Waals surface area contributed by atoms with Gasteiger partial charge in [-0.15, -0.1) is 0 Å². The number of nitrogens with zero attached hydrogens (tertiary/aromatic N) is 1. The molecule has 0 N–H and O–H groups in total. The van der Waals surface area contributed by atoms with Crippen LogP contribution in [-0.2, 0) is 4.74 Å². The van der Waals surface area contributed by atoms with Gasteiger partial charge in [-0.3, -0.25) is 0 Å². The van der Waals surface area contributed by atoms with Gasteiger partial charge < -0.3 is 4.74 Å². The molecule has 92 valence electrons. The summed E-state index contributed by atoms with van der Waals surface area (Å²) < 4.78 is 5.46. The van der Waals surface area contributed by atoms with Gasteiger partial charge in [0.25, 0.3) is 0 Å². The molecule has 1 aromatic rings. The Morgan fingerprint density at radius 2 is 2.06 bits per heavy atom. The van der Waals surface area contributed by atoms with Crippen molar-refractivity contribution in [1.29, 1.82) is 0 Å². The molecule has 17 heavy (non-hydrogen) atoms. The molecule has 0 saturated heterocycles. The van der Waals surface area contributed by atoms with E-state index in [1.165, 1.54) is 6.42 Å². The first-order valence-electron chi connectivity index (χ1n) is 6.00. The zero-order chi connectivity index (χ0) is 12.3. The number of carbonyl (C=O) groups is 1. The first-order valence-corrected chi connectivity index (χ1v) is 6.38. The summed E-state index contributed by atoms with van der Waals surface area (Å²) >= 11 is 5.82. The van der Waals surface area contributed by atoms with Crippen LogP contribution in [-0.4, -0.2) is 17.1 Å². The van der Waals surface area contributed by atoms with Crippen molar-refractivity contribution in [3.05, 3.63) is 28.5 Å². The van der Waals surface area contributed by atoms with Crippen LogP contribution in [0.4, 0.5) is 0 Å². The van der Waals surface area contributed by atoms with Gasteiger partial charge in [0.2, 0.25) is 0 Å². The van der Waals surface area contributed by atoms with Crippen LogP contribution in [0.5, 0.6) is 0 Å². The Labute approximate surface area is 106 Å². The Morgan fingerprint density at radius 3 is 2.71 bits per heavy atom. The number of ether oxygens (including phenoxy) is 1. The van der Waals surface area contributed by atoms with Crippen molar-refractivity contribution in [3.8, 4) is 0 Å². The van der Waals surface area contributed by atoms with E-state index in [4.69, 9.17) is 16.3 Å². The van der Waals surface area contributed by atoms with Crippen LogP contribution in [0, 0.1) is 6.92 Å². The summed E-state index contributed by atoms with van der Waals surface area (Å²) in [6.07, 6.45) is 5.56. The molecule has 0 aromatic carbocycles. The Hall–Kier alpha value is -1.09. The lowest BCUT2D eigenvalue weighted by Gasteiger charge is -2.21. The summed E-state index contributed by atoms with van der Waals surface area (Å²) in [5.74, 6) is -0.288. The number of rotatable bonds is 2. The van der Waals surface area contributed by atoms with Gasteiger partial charge in [0.1, 0.15) is 11.3 Å². The van der Waals surface area contributed by atoms with Gasteiger partial charge in [0.15, 0.2) is 0 Å². The fraction of sp³-hybridized carbons (Fsp3) is 0.538. The van der Waals surface area contributed by atoms with Gasteiger partial charge in [0, 0.05) is 5.69 Å². The predicted octanol–water partition coefficient (Wildman–Crippen LogP) is 3.53. The fourth-order valence-corrected chi connectivity index (χ4v) is 2.40. The minimum absolute atomic E-state index is 0.0727. The highest BCUT2D eigenvalue weighted by Gasteiger charge is 2.19. The number of carbonyl (C=O) groups excluding carboxylic acids is 1. The molecule has 4 heteroatoms. The van der Waals surface area contributed by atoms with Gasteiger partial charge in [0.05, 0.1) is 5.56 Å². The van der Waals surface area contributed by atoms with Crippen molar-refractivity contribution in [3.63, 3.8) is 0 Å². The first kappa shape index (κ1) is 12.4. The summed E-state index contributed by atoms with van der Waals surface area (Å²) in [5.41, 5.74) is 1.22. The summed E-state index contributed by atoms with van der Waals surface area (Å²) in [6.45, 7) is 1.81. The molecule has 0 amide bonds. The second-order valence-electron chi connectivity index (χ2n) is 4.49. The van der Waals surface area contributed by atoms with E-state index >= 15 is 0 Å². The van der Waals surface area contributed by atoms with E-state index in [1.54, 1.807) is 12.1 Å². The number of aromatic nitrogens is 1. The van der Waals surface area contributed by atoms with Crippen LogP contribution in [0.2, 0.25) is 5.15 Å². The molecule has 1 saturated carbocycles. The fourth-order valence-electron chi connectivity index (χ4n) is 2.15. The van der Waals surface area contributed by atoms with Crippen molar-refractivity contribution in [1.82, 2.24) is 4.98 Å². The number of halogens is 1. The molecule has 0 atom stereocenters. The first-order chi connectivity index (χ1) is 8.15. The highest BCUT2D eigenvalue weighted by Crippen LogP contribution is 2.22. The SMILES string of the molecule is Cc1cc(C(=O)OC2CCCCC2)cc(Cl)n1. The van der Waals surface area contributed by atoms with Gasteiger partial charge in [-0.1, -0.05) is 18.0 Å². The Morgan fingerprint density at radius 1 is 1.35 bits per heavy atom. The average molecular weight is 254 g/mol. The largest absolute Gasteiger partial charge is 0.459 e. The van der Waals surface area contributed by atoms with Crippen LogP contribution in [0.25, 0.3) is 0 Å². The van der Waals surface area contributed by atoms with E-state index in [0.717, 1.165) is 31.4 Å². The summed E-state index contributed by atoms with van der Waals surface area (Å²) in [6, 6.07) is 3.26. The molecule has 1 aliphatic rings. The number of aryl methyl sites for hydroxylation is 1. The third-order valence-electron chi connectivity index (χ3n) is 2.98.